The molecule has 6 rings (SSSR count). The van der Waals surface area contributed by atoms with E-state index in [1.165, 1.54) is 20.8 Å². The Hall–Kier alpha value is -3.79. The van der Waals surface area contributed by atoms with Gasteiger partial charge in [0.2, 0.25) is 0 Å². The number of nitrogens with one attached hydrogen (secondary N) is 3. The minimum Gasteiger partial charge on any atom is -0.390 e. The Bertz CT molecular complexity index is 2510. The molecular weight excluding hydrogens is 889 g/mol. The summed E-state index contributed by atoms with van der Waals surface area (Å²) in [5, 5.41) is 31.8. The van der Waals surface area contributed by atoms with E-state index in [1.807, 2.05) is 4.98 Å². The number of aromatic nitrogens is 6. The number of aromatic amines is 3. The second-order valence-corrected chi connectivity index (χ2v) is 19.0. The third-order valence-electron chi connectivity index (χ3n) is 9.59. The third kappa shape index (κ3) is 11.1. The predicted octanol–water partition coefficient (Wildman–Crippen LogP) is -2.10. The second kappa shape index (κ2) is 18.1. The summed E-state index contributed by atoms with van der Waals surface area (Å²) in [6, 6.07) is 0. The molecule has 0 aliphatic carbocycles. The molecule has 338 valence electrons. The lowest BCUT2D eigenvalue weighted by Crippen LogP contribution is -2.33. The van der Waals surface area contributed by atoms with E-state index in [0.29, 0.717) is 0 Å². The standard InChI is InChI=1S/C30H41N6O22P3/c1-13-7-34(28(43)31-25(13)40)22-4-16(37)19(54-22)10-51-59(46,47)57-61(50,53-12-21-18(39)6-24(56-21)36-9-15(3)27(42)33-30(36)45)58-60(48,49)52-11-20-17(38)5-23(55-20)35-8-14(2)26(41)32-29(35)44/h7-9,16-24,37-39H,4-6,10-12H2,1-3H3,(H,46,47)(H,48,49)(H,31,40,43)(H,32,41,44)(H,33,42,45)/t16-,17-,18-,19+,20+,21+,22+,23+,24+/m0/s1. The van der Waals surface area contributed by atoms with Gasteiger partial charge in [-0.25, -0.2) is 28.1 Å². The fourth-order valence-electron chi connectivity index (χ4n) is 6.37. The summed E-state index contributed by atoms with van der Waals surface area (Å²) in [7, 11) is -17.4. The molecule has 3 aromatic rings. The first-order valence-electron chi connectivity index (χ1n) is 18.0. The van der Waals surface area contributed by atoms with Crippen LogP contribution in [-0.4, -0.2) is 110 Å². The van der Waals surface area contributed by atoms with E-state index in [9.17, 15) is 67.6 Å². The van der Waals surface area contributed by atoms with Gasteiger partial charge in [0.25, 0.3) is 16.7 Å². The van der Waals surface area contributed by atoms with Crippen LogP contribution in [0.2, 0.25) is 0 Å². The van der Waals surface area contributed by atoms with Crippen molar-refractivity contribution in [3.05, 3.63) is 97.8 Å². The number of ether oxygens (including phenoxy) is 3. The maximum atomic E-state index is 14.0. The first kappa shape index (κ1) is 46.7. The number of phosphoric acid groups is 3. The van der Waals surface area contributed by atoms with Crippen LogP contribution in [0.5, 0.6) is 0 Å². The van der Waals surface area contributed by atoms with E-state index >= 15 is 0 Å². The Morgan fingerprint density at radius 1 is 0.557 bits per heavy atom. The van der Waals surface area contributed by atoms with E-state index in [2.05, 4.69) is 18.6 Å². The van der Waals surface area contributed by atoms with Gasteiger partial charge in [0, 0.05) is 54.5 Å². The van der Waals surface area contributed by atoms with Crippen LogP contribution in [0, 0.1) is 20.8 Å². The molecule has 3 aromatic heterocycles. The Kier molecular flexibility index (Phi) is 13.9. The summed E-state index contributed by atoms with van der Waals surface area (Å²) in [6.45, 7) is 1.07. The van der Waals surface area contributed by atoms with Crippen molar-refractivity contribution < 1.29 is 75.2 Å². The summed E-state index contributed by atoms with van der Waals surface area (Å²) in [6.07, 6.45) is -9.96. The Balaban J connectivity index is 1.15. The monoisotopic (exact) mass is 930 g/mol. The van der Waals surface area contributed by atoms with Crippen molar-refractivity contribution >= 4 is 23.5 Å². The largest absolute Gasteiger partial charge is 0.492 e. The van der Waals surface area contributed by atoms with Crippen molar-refractivity contribution in [2.45, 2.75) is 95.3 Å². The van der Waals surface area contributed by atoms with Crippen molar-refractivity contribution in [1.82, 2.24) is 28.7 Å². The number of phosphoric ester groups is 2. The molecule has 28 nitrogen and oxygen atoms in total. The molecule has 61 heavy (non-hydrogen) atoms. The van der Waals surface area contributed by atoms with E-state index in [4.69, 9.17) is 27.8 Å². The summed E-state index contributed by atoms with van der Waals surface area (Å²) >= 11 is 0. The highest BCUT2D eigenvalue weighted by Crippen LogP contribution is 2.70. The van der Waals surface area contributed by atoms with Gasteiger partial charge in [-0.1, -0.05) is 0 Å². The quantitative estimate of drug-likeness (QED) is 0.0713. The molecule has 0 amide bonds. The molecule has 2 unspecified atom stereocenters. The lowest BCUT2D eigenvalue weighted by molar-refractivity contribution is -0.0506. The molecule has 6 heterocycles. The molecular formula is C30H41N6O22P3. The van der Waals surface area contributed by atoms with Gasteiger partial charge < -0.3 is 39.3 Å². The van der Waals surface area contributed by atoms with Gasteiger partial charge in [0.1, 0.15) is 37.0 Å². The number of H-pyrrole nitrogens is 3. The first-order valence-corrected chi connectivity index (χ1v) is 22.5. The van der Waals surface area contributed by atoms with Gasteiger partial charge in [-0.05, 0) is 20.8 Å². The molecule has 3 aliphatic rings. The number of hydrogen-bond acceptors (Lipinski definition) is 20. The molecule has 11 atom stereocenters. The van der Waals surface area contributed by atoms with Crippen LogP contribution >= 0.6 is 23.5 Å². The highest BCUT2D eigenvalue weighted by atomic mass is 31.3. The third-order valence-corrected chi connectivity index (χ3v) is 14.3. The van der Waals surface area contributed by atoms with Gasteiger partial charge in [0.05, 0.1) is 38.1 Å². The number of aliphatic hydroxyl groups is 3. The minimum absolute atomic E-state index is 0.0963. The van der Waals surface area contributed by atoms with E-state index in [-0.39, 0.29) is 36.0 Å². The second-order valence-electron chi connectivity index (χ2n) is 14.2. The molecule has 3 saturated heterocycles. The SMILES string of the molecule is Cc1cn([C@H]2C[C@H](O)[C@@H](COP(=O)(O)OP(=O)(OC[C@H]3O[C@@H](n4cc(C)c(=O)[nH]c4=O)C[C@@H]3O)OP(=O)(O)OC[C@H]3O[C@@H](n4cc(C)c(=O)[nH]c4=O)C[C@@H]3O)O2)c(=O)[nH]c1=O. The van der Waals surface area contributed by atoms with Crippen LogP contribution in [0.4, 0.5) is 0 Å². The van der Waals surface area contributed by atoms with Gasteiger partial charge >= 0.3 is 40.5 Å². The van der Waals surface area contributed by atoms with Gasteiger partial charge in [0.15, 0.2) is 0 Å². The lowest BCUT2D eigenvalue weighted by Gasteiger charge is -2.25. The van der Waals surface area contributed by atoms with Gasteiger partial charge in [-0.15, -0.1) is 0 Å². The number of aryl methyl sites for hydroxylation is 3. The molecule has 31 heteroatoms. The van der Waals surface area contributed by atoms with E-state index < -0.39 is 132 Å². The van der Waals surface area contributed by atoms with Crippen LogP contribution in [0.3, 0.4) is 0 Å². The lowest BCUT2D eigenvalue weighted by atomic mass is 10.2. The zero-order valence-corrected chi connectivity index (χ0v) is 34.7. The molecule has 0 aromatic carbocycles. The van der Waals surface area contributed by atoms with Crippen LogP contribution in [0.15, 0.2) is 47.4 Å². The molecule has 3 fully saturated rings. The van der Waals surface area contributed by atoms with Crippen molar-refractivity contribution in [1.29, 1.82) is 0 Å². The highest BCUT2D eigenvalue weighted by Gasteiger charge is 2.48. The topological polar surface area (TPSA) is 391 Å². The minimum atomic E-state index is -5.91. The number of nitrogens with zero attached hydrogens (tertiary/aromatic N) is 3. The smallest absolute Gasteiger partial charge is 0.390 e. The van der Waals surface area contributed by atoms with E-state index in [0.717, 1.165) is 32.3 Å². The van der Waals surface area contributed by atoms with Crippen LogP contribution in [0.1, 0.15) is 54.6 Å². The number of rotatable bonds is 16. The summed E-state index contributed by atoms with van der Waals surface area (Å²) in [5.74, 6) is 0. The van der Waals surface area contributed by atoms with E-state index in [1.54, 1.807) is 0 Å². The fraction of sp³-hybridized carbons (Fsp3) is 0.600. The molecule has 0 spiro atoms. The normalized spacial score (nSPS) is 29.6. The summed E-state index contributed by atoms with van der Waals surface area (Å²) in [5.41, 5.74) is -4.42. The zero-order chi connectivity index (χ0) is 44.8. The Morgan fingerprint density at radius 3 is 1.13 bits per heavy atom. The predicted molar refractivity (Wildman–Crippen MR) is 199 cm³/mol. The maximum absolute atomic E-state index is 14.0. The van der Waals surface area contributed by atoms with Crippen molar-refractivity contribution in [3.8, 4) is 0 Å². The summed E-state index contributed by atoms with van der Waals surface area (Å²) < 4.78 is 84.0. The van der Waals surface area contributed by atoms with Crippen LogP contribution < -0.4 is 33.7 Å². The zero-order valence-electron chi connectivity index (χ0n) is 32.0. The molecule has 0 bridgehead atoms. The average molecular weight is 931 g/mol. The summed E-state index contributed by atoms with van der Waals surface area (Å²) in [4.78, 5) is 99.9. The Morgan fingerprint density at radius 2 is 0.836 bits per heavy atom. The Labute approximate surface area is 340 Å². The highest BCUT2D eigenvalue weighted by molar-refractivity contribution is 7.67. The van der Waals surface area contributed by atoms with Crippen LogP contribution in [-0.2, 0) is 50.1 Å². The molecule has 8 N–H and O–H groups in total. The van der Waals surface area contributed by atoms with Gasteiger partial charge in [-0.3, -0.25) is 56.6 Å². The fourth-order valence-corrected chi connectivity index (χ4v) is 10.5. The van der Waals surface area contributed by atoms with Crippen molar-refractivity contribution in [2.75, 3.05) is 19.8 Å². The van der Waals surface area contributed by atoms with Crippen LogP contribution in [0.25, 0.3) is 0 Å². The number of hydrogen-bond donors (Lipinski definition) is 8. The molecule has 3 aliphatic heterocycles. The van der Waals surface area contributed by atoms with Gasteiger partial charge in [-0.2, -0.15) is 8.62 Å². The first-order chi connectivity index (χ1) is 28.4. The van der Waals surface area contributed by atoms with Crippen molar-refractivity contribution in [2.24, 2.45) is 0 Å². The van der Waals surface area contributed by atoms with Crippen molar-refractivity contribution in [3.63, 3.8) is 0 Å². The average Bonchev–Trinajstić information content (AvgIpc) is 3.84. The molecule has 0 radical (unpaired) electrons. The molecule has 0 saturated carbocycles. The number of aliphatic hydroxyl groups excluding tert-OH is 3. The maximum Gasteiger partial charge on any atom is 0.492 e.